The van der Waals surface area contributed by atoms with Crippen LogP contribution < -0.4 is 10.1 Å². The molecule has 0 aromatic heterocycles. The average molecular weight is 235 g/mol. The summed E-state index contributed by atoms with van der Waals surface area (Å²) in [6.45, 7) is 2.07. The van der Waals surface area contributed by atoms with E-state index in [0.29, 0.717) is 6.10 Å². The van der Waals surface area contributed by atoms with Gasteiger partial charge in [0.2, 0.25) is 0 Å². The Bertz CT molecular complexity index is 374. The van der Waals surface area contributed by atoms with Crippen molar-refractivity contribution < 1.29 is 4.74 Å². The zero-order chi connectivity index (χ0) is 10.8. The number of hydrogen-bond donors (Lipinski definition) is 1. The molecule has 2 nitrogen and oxygen atoms in total. The van der Waals surface area contributed by atoms with Crippen LogP contribution in [-0.2, 0) is 13.0 Å². The molecular formula is C13H17NOS. The second-order valence-corrected chi connectivity index (χ2v) is 5.57. The van der Waals surface area contributed by atoms with Gasteiger partial charge in [0.1, 0.15) is 11.9 Å². The zero-order valence-electron chi connectivity index (χ0n) is 9.37. The number of nitrogens with one attached hydrogen (secondary N) is 1. The number of rotatable bonds is 2. The Morgan fingerprint density at radius 3 is 3.25 bits per heavy atom. The van der Waals surface area contributed by atoms with E-state index in [1.54, 1.807) is 0 Å². The molecule has 1 aromatic carbocycles. The van der Waals surface area contributed by atoms with Crippen LogP contribution in [0.15, 0.2) is 18.2 Å². The lowest BCUT2D eigenvalue weighted by Gasteiger charge is -2.22. The molecule has 0 aliphatic carbocycles. The smallest absolute Gasteiger partial charge is 0.123 e. The van der Waals surface area contributed by atoms with E-state index in [1.807, 2.05) is 11.8 Å². The SMILES string of the molecule is c1cc2c(c(OC3CCSC3)c1)CCNC2. The maximum Gasteiger partial charge on any atom is 0.123 e. The topological polar surface area (TPSA) is 21.3 Å². The standard InChI is InChI=1S/C13H17NOS/c1-2-10-8-14-6-4-12(10)13(3-1)15-11-5-7-16-9-11/h1-3,11,14H,4-9H2. The Labute approximate surface area is 101 Å². The van der Waals surface area contributed by atoms with Crippen molar-refractivity contribution in [1.82, 2.24) is 5.32 Å². The van der Waals surface area contributed by atoms with Crippen LogP contribution in [0.1, 0.15) is 17.5 Å². The third-order valence-corrected chi connectivity index (χ3v) is 4.41. The Kier molecular flexibility index (Phi) is 3.06. The monoisotopic (exact) mass is 235 g/mol. The molecule has 3 heteroatoms. The minimum Gasteiger partial charge on any atom is -0.489 e. The molecule has 1 unspecified atom stereocenters. The van der Waals surface area contributed by atoms with Gasteiger partial charge in [0.15, 0.2) is 0 Å². The largest absolute Gasteiger partial charge is 0.489 e. The van der Waals surface area contributed by atoms with Gasteiger partial charge in [-0.05, 0) is 42.3 Å². The third-order valence-electron chi connectivity index (χ3n) is 3.28. The van der Waals surface area contributed by atoms with E-state index in [-0.39, 0.29) is 0 Å². The molecule has 2 heterocycles. The first-order chi connectivity index (χ1) is 7.93. The van der Waals surface area contributed by atoms with E-state index in [4.69, 9.17) is 4.74 Å². The quantitative estimate of drug-likeness (QED) is 0.849. The predicted molar refractivity (Wildman–Crippen MR) is 68.2 cm³/mol. The number of thioether (sulfide) groups is 1. The first-order valence-corrected chi connectivity index (χ1v) is 7.15. The van der Waals surface area contributed by atoms with Crippen molar-refractivity contribution in [2.75, 3.05) is 18.1 Å². The van der Waals surface area contributed by atoms with Gasteiger partial charge in [-0.1, -0.05) is 12.1 Å². The lowest BCUT2D eigenvalue weighted by molar-refractivity contribution is 0.226. The number of hydrogen-bond acceptors (Lipinski definition) is 3. The molecule has 1 saturated heterocycles. The molecule has 0 bridgehead atoms. The molecule has 0 spiro atoms. The summed E-state index contributed by atoms with van der Waals surface area (Å²) in [7, 11) is 0. The second-order valence-electron chi connectivity index (χ2n) is 4.42. The molecule has 16 heavy (non-hydrogen) atoms. The summed E-state index contributed by atoms with van der Waals surface area (Å²) in [4.78, 5) is 0. The summed E-state index contributed by atoms with van der Waals surface area (Å²) >= 11 is 2.00. The van der Waals surface area contributed by atoms with Crippen molar-refractivity contribution in [1.29, 1.82) is 0 Å². The molecule has 0 radical (unpaired) electrons. The van der Waals surface area contributed by atoms with Crippen LogP contribution in [0.25, 0.3) is 0 Å². The highest BCUT2D eigenvalue weighted by Crippen LogP contribution is 2.29. The summed E-state index contributed by atoms with van der Waals surface area (Å²) in [5, 5.41) is 3.40. The van der Waals surface area contributed by atoms with E-state index >= 15 is 0 Å². The van der Waals surface area contributed by atoms with E-state index in [9.17, 15) is 0 Å². The Hall–Kier alpha value is -0.670. The van der Waals surface area contributed by atoms with Crippen molar-refractivity contribution in [3.63, 3.8) is 0 Å². The second kappa shape index (κ2) is 4.68. The first-order valence-electron chi connectivity index (χ1n) is 5.99. The van der Waals surface area contributed by atoms with Gasteiger partial charge < -0.3 is 10.1 Å². The maximum absolute atomic E-state index is 6.13. The summed E-state index contributed by atoms with van der Waals surface area (Å²) in [6.07, 6.45) is 2.74. The Balaban J connectivity index is 1.82. The van der Waals surface area contributed by atoms with Crippen molar-refractivity contribution >= 4 is 11.8 Å². The van der Waals surface area contributed by atoms with Crippen molar-refractivity contribution in [3.8, 4) is 5.75 Å². The molecule has 1 aromatic rings. The summed E-state index contributed by atoms with van der Waals surface area (Å²) in [5.74, 6) is 3.54. The molecule has 0 amide bonds. The molecule has 1 atom stereocenters. The van der Waals surface area contributed by atoms with Crippen LogP contribution in [0, 0.1) is 0 Å². The highest BCUT2D eigenvalue weighted by molar-refractivity contribution is 7.99. The van der Waals surface area contributed by atoms with Gasteiger partial charge in [0.25, 0.3) is 0 Å². The van der Waals surface area contributed by atoms with Crippen LogP contribution in [0.4, 0.5) is 0 Å². The highest BCUT2D eigenvalue weighted by atomic mass is 32.2. The minimum absolute atomic E-state index is 0.436. The number of benzene rings is 1. The summed E-state index contributed by atoms with van der Waals surface area (Å²) in [5.41, 5.74) is 2.84. The van der Waals surface area contributed by atoms with Crippen LogP contribution in [-0.4, -0.2) is 24.2 Å². The van der Waals surface area contributed by atoms with Crippen molar-refractivity contribution in [2.24, 2.45) is 0 Å². The average Bonchev–Trinajstić information content (AvgIpc) is 2.82. The van der Waals surface area contributed by atoms with E-state index in [2.05, 4.69) is 23.5 Å². The fraction of sp³-hybridized carbons (Fsp3) is 0.538. The molecular weight excluding hydrogens is 218 g/mol. The summed E-state index contributed by atoms with van der Waals surface area (Å²) in [6, 6.07) is 6.45. The third kappa shape index (κ3) is 2.06. The fourth-order valence-corrected chi connectivity index (χ4v) is 3.49. The van der Waals surface area contributed by atoms with Gasteiger partial charge in [-0.25, -0.2) is 0 Å². The molecule has 0 saturated carbocycles. The van der Waals surface area contributed by atoms with Gasteiger partial charge >= 0.3 is 0 Å². The van der Waals surface area contributed by atoms with Crippen LogP contribution in [0.3, 0.4) is 0 Å². The van der Waals surface area contributed by atoms with E-state index < -0.39 is 0 Å². The number of fused-ring (bicyclic) bond motifs is 1. The van der Waals surface area contributed by atoms with Gasteiger partial charge in [0.05, 0.1) is 0 Å². The van der Waals surface area contributed by atoms with Crippen molar-refractivity contribution in [3.05, 3.63) is 29.3 Å². The van der Waals surface area contributed by atoms with E-state index in [0.717, 1.165) is 31.0 Å². The lowest BCUT2D eigenvalue weighted by atomic mass is 10.00. The minimum atomic E-state index is 0.436. The fourth-order valence-electron chi connectivity index (χ4n) is 2.39. The number of ether oxygens (including phenoxy) is 1. The van der Waals surface area contributed by atoms with Gasteiger partial charge in [-0.15, -0.1) is 0 Å². The molecule has 1 N–H and O–H groups in total. The van der Waals surface area contributed by atoms with Gasteiger partial charge in [-0.3, -0.25) is 0 Å². The molecule has 2 aliphatic heterocycles. The normalized spacial score (nSPS) is 24.1. The predicted octanol–water partition coefficient (Wildman–Crippen LogP) is 2.22. The van der Waals surface area contributed by atoms with Gasteiger partial charge in [0, 0.05) is 12.3 Å². The van der Waals surface area contributed by atoms with Crippen LogP contribution in [0.5, 0.6) is 5.75 Å². The van der Waals surface area contributed by atoms with E-state index in [1.165, 1.54) is 23.3 Å². The highest BCUT2D eigenvalue weighted by Gasteiger charge is 2.20. The molecule has 1 fully saturated rings. The molecule has 2 aliphatic rings. The van der Waals surface area contributed by atoms with Gasteiger partial charge in [-0.2, -0.15) is 11.8 Å². The van der Waals surface area contributed by atoms with Crippen LogP contribution in [0.2, 0.25) is 0 Å². The lowest BCUT2D eigenvalue weighted by Crippen LogP contribution is -2.25. The maximum atomic E-state index is 6.13. The zero-order valence-corrected chi connectivity index (χ0v) is 10.2. The van der Waals surface area contributed by atoms with Crippen molar-refractivity contribution in [2.45, 2.75) is 25.5 Å². The molecule has 3 rings (SSSR count). The molecule has 86 valence electrons. The Morgan fingerprint density at radius 2 is 2.38 bits per heavy atom. The van der Waals surface area contributed by atoms with Crippen LogP contribution >= 0.6 is 11.8 Å². The summed E-state index contributed by atoms with van der Waals surface area (Å²) < 4.78 is 6.13. The Morgan fingerprint density at radius 1 is 1.38 bits per heavy atom. The first kappa shape index (κ1) is 10.5.